The molecule has 2 aromatic rings. The molecule has 0 saturated heterocycles. The minimum Gasteiger partial charge on any atom is -0.465 e. The van der Waals surface area contributed by atoms with Crippen molar-refractivity contribution in [3.8, 4) is 0 Å². The fourth-order valence-electron chi connectivity index (χ4n) is 5.57. The number of nitrogens with zero attached hydrogens (tertiary/aromatic N) is 3. The molecule has 0 bridgehead atoms. The van der Waals surface area contributed by atoms with Gasteiger partial charge >= 0.3 is 5.97 Å². The lowest BCUT2D eigenvalue weighted by atomic mass is 9.85. The van der Waals surface area contributed by atoms with Crippen LogP contribution in [0.5, 0.6) is 0 Å². The predicted molar refractivity (Wildman–Crippen MR) is 150 cm³/mol. The summed E-state index contributed by atoms with van der Waals surface area (Å²) < 4.78 is 5.72. The molecule has 4 rings (SSSR count). The number of pyridine rings is 2. The second-order valence-electron chi connectivity index (χ2n) is 10.8. The number of hydrogen-bond donors (Lipinski definition) is 1. The number of nitrogens with one attached hydrogen (secondary N) is 1. The van der Waals surface area contributed by atoms with Crippen molar-refractivity contribution in [1.29, 1.82) is 0 Å². The first kappa shape index (κ1) is 29.3. The first-order valence-corrected chi connectivity index (χ1v) is 14.4. The smallest absolute Gasteiger partial charge is 0.308 e. The normalized spacial score (nSPS) is 23.1. The molecule has 210 valence electrons. The molecule has 0 atom stereocenters. The van der Waals surface area contributed by atoms with E-state index in [4.69, 9.17) is 27.9 Å². The molecule has 2 heterocycles. The summed E-state index contributed by atoms with van der Waals surface area (Å²) in [6, 6.07) is 3.46. The van der Waals surface area contributed by atoms with Gasteiger partial charge in [-0.2, -0.15) is 0 Å². The number of ether oxygens (including phenoxy) is 1. The van der Waals surface area contributed by atoms with Gasteiger partial charge in [0.05, 0.1) is 45.1 Å². The van der Waals surface area contributed by atoms with Gasteiger partial charge in [-0.1, -0.05) is 23.2 Å². The summed E-state index contributed by atoms with van der Waals surface area (Å²) in [7, 11) is 1.83. The Bertz CT molecular complexity index is 1210. The summed E-state index contributed by atoms with van der Waals surface area (Å²) in [6.07, 6.45) is 9.44. The average molecular weight is 576 g/mol. The van der Waals surface area contributed by atoms with Crippen LogP contribution in [0.4, 0.5) is 0 Å². The van der Waals surface area contributed by atoms with Gasteiger partial charge in [0.2, 0.25) is 0 Å². The summed E-state index contributed by atoms with van der Waals surface area (Å²) in [5.41, 5.74) is 2.31. The van der Waals surface area contributed by atoms with Crippen LogP contribution in [0.2, 0.25) is 10.0 Å². The number of carbonyl (C=O) groups is 3. The second kappa shape index (κ2) is 13.1. The van der Waals surface area contributed by atoms with Gasteiger partial charge in [-0.05, 0) is 83.3 Å². The summed E-state index contributed by atoms with van der Waals surface area (Å²) in [4.78, 5) is 48.5. The highest BCUT2D eigenvalue weighted by Crippen LogP contribution is 2.30. The number of carbonyl (C=O) groups excluding carboxylic acids is 3. The maximum absolute atomic E-state index is 13.0. The third-order valence-electron chi connectivity index (χ3n) is 8.12. The fraction of sp³-hybridized carbons (Fsp3) is 0.552. The number of aromatic nitrogens is 2. The predicted octanol–water partition coefficient (Wildman–Crippen LogP) is 5.56. The van der Waals surface area contributed by atoms with Crippen LogP contribution in [0.25, 0.3) is 0 Å². The number of aryl methyl sites for hydroxylation is 2. The summed E-state index contributed by atoms with van der Waals surface area (Å²) in [6.45, 7) is 4.01. The molecule has 2 saturated carbocycles. The number of rotatable bonds is 7. The van der Waals surface area contributed by atoms with E-state index >= 15 is 0 Å². The van der Waals surface area contributed by atoms with E-state index < -0.39 is 0 Å². The zero-order chi connectivity index (χ0) is 28.1. The first-order valence-electron chi connectivity index (χ1n) is 13.6. The second-order valence-corrected chi connectivity index (χ2v) is 11.7. The molecule has 39 heavy (non-hydrogen) atoms. The molecule has 0 spiro atoms. The van der Waals surface area contributed by atoms with Gasteiger partial charge in [0.25, 0.3) is 11.8 Å². The molecule has 8 nitrogen and oxygen atoms in total. The van der Waals surface area contributed by atoms with Crippen molar-refractivity contribution in [1.82, 2.24) is 20.2 Å². The highest BCUT2D eigenvalue weighted by atomic mass is 35.5. The van der Waals surface area contributed by atoms with E-state index in [0.29, 0.717) is 57.9 Å². The molecule has 2 aliphatic carbocycles. The molecule has 0 aromatic carbocycles. The van der Waals surface area contributed by atoms with E-state index in [2.05, 4.69) is 15.3 Å². The van der Waals surface area contributed by atoms with Crippen LogP contribution in [0, 0.1) is 25.7 Å². The minimum absolute atomic E-state index is 0.0152. The molecular formula is C29H36Cl2N4O4. The topological polar surface area (TPSA) is 101 Å². The number of halogens is 2. The Morgan fingerprint density at radius 1 is 0.897 bits per heavy atom. The van der Waals surface area contributed by atoms with Crippen LogP contribution in [0.3, 0.4) is 0 Å². The minimum atomic E-state index is -0.184. The van der Waals surface area contributed by atoms with Crippen LogP contribution in [-0.4, -0.2) is 58.4 Å². The highest BCUT2D eigenvalue weighted by Gasteiger charge is 2.31. The van der Waals surface area contributed by atoms with Crippen molar-refractivity contribution in [2.45, 2.75) is 77.3 Å². The van der Waals surface area contributed by atoms with Crippen LogP contribution in [0.15, 0.2) is 24.5 Å². The lowest BCUT2D eigenvalue weighted by molar-refractivity contribution is -0.151. The van der Waals surface area contributed by atoms with Gasteiger partial charge < -0.3 is 15.0 Å². The van der Waals surface area contributed by atoms with Crippen molar-refractivity contribution in [3.05, 3.63) is 57.1 Å². The quantitative estimate of drug-likeness (QED) is 0.434. The van der Waals surface area contributed by atoms with E-state index in [1.54, 1.807) is 30.2 Å². The Labute approximate surface area is 239 Å². The number of esters is 1. The molecule has 0 unspecified atom stereocenters. The number of hydrogen-bond acceptors (Lipinski definition) is 6. The van der Waals surface area contributed by atoms with Gasteiger partial charge in [0.15, 0.2) is 0 Å². The summed E-state index contributed by atoms with van der Waals surface area (Å²) >= 11 is 12.0. The molecule has 0 radical (unpaired) electrons. The van der Waals surface area contributed by atoms with Crippen LogP contribution in [0.1, 0.15) is 83.5 Å². The molecule has 2 aromatic heterocycles. The Morgan fingerprint density at radius 2 is 1.46 bits per heavy atom. The molecular weight excluding hydrogens is 539 g/mol. The number of amides is 2. The van der Waals surface area contributed by atoms with Crippen LogP contribution < -0.4 is 5.32 Å². The van der Waals surface area contributed by atoms with Gasteiger partial charge in [0.1, 0.15) is 0 Å². The van der Waals surface area contributed by atoms with Crippen molar-refractivity contribution in [2.75, 3.05) is 13.7 Å². The van der Waals surface area contributed by atoms with Gasteiger partial charge in [0, 0.05) is 31.5 Å². The van der Waals surface area contributed by atoms with Crippen molar-refractivity contribution in [2.24, 2.45) is 11.8 Å². The van der Waals surface area contributed by atoms with E-state index in [9.17, 15) is 14.4 Å². The van der Waals surface area contributed by atoms with Gasteiger partial charge in [-0.15, -0.1) is 0 Å². The molecule has 2 fully saturated rings. The summed E-state index contributed by atoms with van der Waals surface area (Å²) in [5.74, 6) is -0.233. The Kier molecular flexibility index (Phi) is 9.83. The Hall–Kier alpha value is -2.71. The first-order chi connectivity index (χ1) is 18.6. The van der Waals surface area contributed by atoms with E-state index in [-0.39, 0.29) is 35.8 Å². The maximum Gasteiger partial charge on any atom is 0.308 e. The molecule has 1 N–H and O–H groups in total. The van der Waals surface area contributed by atoms with E-state index in [1.807, 2.05) is 14.0 Å². The van der Waals surface area contributed by atoms with Crippen molar-refractivity contribution in [3.63, 3.8) is 0 Å². The third-order valence-corrected chi connectivity index (χ3v) is 8.54. The Morgan fingerprint density at radius 3 is 2.08 bits per heavy atom. The van der Waals surface area contributed by atoms with Crippen molar-refractivity contribution < 1.29 is 19.1 Å². The standard InChI is InChI=1S/C29H36Cl2N4O4/c1-17-25(12-21(30)14-32-17)27(36)34-23-8-6-20(7-9-23)29(38)39-16-19-4-10-24(11-5-19)35(3)28(37)26-13-22(31)15-33-18(26)2/h12-15,19-20,23-24H,4-11,16H2,1-3H3,(H,34,36). The van der Waals surface area contributed by atoms with E-state index in [1.165, 1.54) is 6.20 Å². The van der Waals surface area contributed by atoms with E-state index in [0.717, 1.165) is 38.5 Å². The molecule has 2 aliphatic rings. The summed E-state index contributed by atoms with van der Waals surface area (Å²) in [5, 5.41) is 3.93. The third kappa shape index (κ3) is 7.48. The average Bonchev–Trinajstić information content (AvgIpc) is 2.94. The largest absolute Gasteiger partial charge is 0.465 e. The molecule has 10 heteroatoms. The molecule has 0 aliphatic heterocycles. The van der Waals surface area contributed by atoms with Crippen LogP contribution >= 0.6 is 23.2 Å². The maximum atomic E-state index is 13.0. The molecule has 2 amide bonds. The SMILES string of the molecule is Cc1ncc(Cl)cc1C(=O)NC1CCC(C(=O)OCC2CCC(N(C)C(=O)c3cc(Cl)cnc3C)CC2)CC1. The lowest BCUT2D eigenvalue weighted by Gasteiger charge is -2.35. The van der Waals surface area contributed by atoms with Gasteiger partial charge in [-0.3, -0.25) is 24.4 Å². The highest BCUT2D eigenvalue weighted by molar-refractivity contribution is 6.31. The Balaban J connectivity index is 1.17. The van der Waals surface area contributed by atoms with Crippen LogP contribution in [-0.2, 0) is 9.53 Å². The monoisotopic (exact) mass is 574 g/mol. The fourth-order valence-corrected chi connectivity index (χ4v) is 5.89. The zero-order valence-electron chi connectivity index (χ0n) is 22.7. The lowest BCUT2D eigenvalue weighted by Crippen LogP contribution is -2.40. The van der Waals surface area contributed by atoms with Gasteiger partial charge in [-0.25, -0.2) is 0 Å². The zero-order valence-corrected chi connectivity index (χ0v) is 24.2. The van der Waals surface area contributed by atoms with Crippen molar-refractivity contribution >= 4 is 41.0 Å².